The second-order valence-corrected chi connectivity index (χ2v) is 10.6. The fraction of sp³-hybridized carbons (Fsp3) is 0.920. The first-order valence-corrected chi connectivity index (χ1v) is 13.2. The third-order valence-electron chi connectivity index (χ3n) is 8.45. The van der Waals surface area contributed by atoms with Crippen LogP contribution in [0.4, 0.5) is 0 Å². The van der Waals surface area contributed by atoms with Crippen molar-refractivity contribution in [1.82, 2.24) is 20.9 Å². The van der Waals surface area contributed by atoms with Gasteiger partial charge in [0.25, 0.3) is 0 Å². The summed E-state index contributed by atoms with van der Waals surface area (Å²) in [5.41, 5.74) is 0. The number of amides is 2. The molecule has 4 fully saturated rings. The highest BCUT2D eigenvalue weighted by Gasteiger charge is 2.38. The van der Waals surface area contributed by atoms with Crippen molar-refractivity contribution in [2.45, 2.75) is 88.8 Å². The first-order valence-electron chi connectivity index (χ1n) is 13.2. The van der Waals surface area contributed by atoms with Crippen LogP contribution in [0, 0.1) is 17.8 Å². The van der Waals surface area contributed by atoms with E-state index in [1.807, 2.05) is 0 Å². The van der Waals surface area contributed by atoms with Crippen LogP contribution in [0.1, 0.15) is 70.6 Å². The minimum atomic E-state index is -0.00454. The predicted molar refractivity (Wildman–Crippen MR) is 125 cm³/mol. The van der Waals surface area contributed by atoms with Crippen LogP contribution in [0.2, 0.25) is 0 Å². The average Bonchev–Trinajstić information content (AvgIpc) is 3.28. The van der Waals surface area contributed by atoms with Gasteiger partial charge in [0.15, 0.2) is 0 Å². The van der Waals surface area contributed by atoms with Gasteiger partial charge in [0.1, 0.15) is 0 Å². The molecule has 0 radical (unpaired) electrons. The van der Waals surface area contributed by atoms with E-state index in [9.17, 15) is 9.59 Å². The molecule has 3 N–H and O–H groups in total. The summed E-state index contributed by atoms with van der Waals surface area (Å²) in [5.74, 6) is 2.05. The van der Waals surface area contributed by atoms with E-state index in [-0.39, 0.29) is 24.0 Å². The van der Waals surface area contributed by atoms with E-state index in [2.05, 4.69) is 20.9 Å². The summed E-state index contributed by atoms with van der Waals surface area (Å²) >= 11 is 0. The summed E-state index contributed by atoms with van der Waals surface area (Å²) in [5, 5.41) is 10.1. The standard InChI is InChI=1S/C25H44N4O3/c1-32-21-7-4-6-19(15-21)25(31)29-13-9-18(10-14-29)5-2-3-11-27-24(30)23-16-20-17-26-12-8-22(20)28-23/h18-23,26,28H,2-17H2,1H3,(H,27,30). The van der Waals surface area contributed by atoms with Crippen molar-refractivity contribution in [2.24, 2.45) is 17.8 Å². The molecule has 182 valence electrons. The third kappa shape index (κ3) is 6.23. The maximum atomic E-state index is 12.9. The number of carbonyl (C=O) groups is 2. The molecule has 2 amide bonds. The molecule has 0 spiro atoms. The van der Waals surface area contributed by atoms with Gasteiger partial charge in [-0.3, -0.25) is 9.59 Å². The molecule has 4 rings (SSSR count). The summed E-state index contributed by atoms with van der Waals surface area (Å²) in [6.07, 6.45) is 12.2. The minimum Gasteiger partial charge on any atom is -0.381 e. The molecule has 32 heavy (non-hydrogen) atoms. The highest BCUT2D eigenvalue weighted by Crippen LogP contribution is 2.30. The normalized spacial score (nSPS) is 33.7. The summed E-state index contributed by atoms with van der Waals surface area (Å²) in [6, 6.07) is 0.513. The van der Waals surface area contributed by atoms with Gasteiger partial charge in [-0.2, -0.15) is 0 Å². The Bertz CT molecular complexity index is 608. The molecule has 1 aliphatic carbocycles. The molecule has 0 aromatic rings. The molecule has 4 aliphatic rings. The molecule has 3 saturated heterocycles. The molecule has 7 nitrogen and oxygen atoms in total. The maximum Gasteiger partial charge on any atom is 0.237 e. The SMILES string of the molecule is COC1CCCC(C(=O)N2CCC(CCCCNC(=O)C3CC4CNCCC4N3)CC2)C1. The van der Waals surface area contributed by atoms with Gasteiger partial charge in [0.2, 0.25) is 11.8 Å². The molecule has 1 saturated carbocycles. The molecule has 0 bridgehead atoms. The van der Waals surface area contributed by atoms with Crippen LogP contribution in [0.3, 0.4) is 0 Å². The predicted octanol–water partition coefficient (Wildman–Crippen LogP) is 2.06. The van der Waals surface area contributed by atoms with Crippen LogP contribution in [-0.2, 0) is 14.3 Å². The van der Waals surface area contributed by atoms with Gasteiger partial charge in [0.05, 0.1) is 12.1 Å². The van der Waals surface area contributed by atoms with E-state index in [0.29, 0.717) is 17.9 Å². The van der Waals surface area contributed by atoms with E-state index in [1.165, 1.54) is 6.42 Å². The number of carbonyl (C=O) groups excluding carboxylic acids is 2. The Balaban J connectivity index is 1.06. The second-order valence-electron chi connectivity index (χ2n) is 10.6. The maximum absolute atomic E-state index is 12.9. The summed E-state index contributed by atoms with van der Waals surface area (Å²) in [4.78, 5) is 27.5. The van der Waals surface area contributed by atoms with Gasteiger partial charge in [-0.1, -0.05) is 19.3 Å². The first-order chi connectivity index (χ1) is 15.6. The summed E-state index contributed by atoms with van der Waals surface area (Å²) in [7, 11) is 1.77. The molecule has 3 heterocycles. The number of nitrogens with one attached hydrogen (secondary N) is 3. The lowest BCUT2D eigenvalue weighted by atomic mass is 9.85. The van der Waals surface area contributed by atoms with Gasteiger partial charge in [-0.05, 0) is 76.3 Å². The van der Waals surface area contributed by atoms with Crippen LogP contribution < -0.4 is 16.0 Å². The quantitative estimate of drug-likeness (QED) is 0.495. The first kappa shape index (κ1) is 24.0. The molecule has 7 heteroatoms. The Morgan fingerprint density at radius 1 is 1.06 bits per heavy atom. The molecule has 0 aromatic heterocycles. The lowest BCUT2D eigenvalue weighted by Crippen LogP contribution is -2.45. The lowest BCUT2D eigenvalue weighted by molar-refractivity contribution is -0.139. The Labute approximate surface area is 193 Å². The summed E-state index contributed by atoms with van der Waals surface area (Å²) in [6.45, 7) is 4.72. The van der Waals surface area contributed by atoms with Gasteiger partial charge >= 0.3 is 0 Å². The van der Waals surface area contributed by atoms with E-state index >= 15 is 0 Å². The molecular formula is C25H44N4O3. The van der Waals surface area contributed by atoms with Crippen LogP contribution in [0.15, 0.2) is 0 Å². The van der Waals surface area contributed by atoms with Crippen LogP contribution in [-0.4, -0.2) is 74.7 Å². The average molecular weight is 449 g/mol. The number of rotatable bonds is 8. The largest absolute Gasteiger partial charge is 0.381 e. The van der Waals surface area contributed by atoms with E-state index in [4.69, 9.17) is 4.74 Å². The number of ether oxygens (including phenoxy) is 1. The van der Waals surface area contributed by atoms with Crippen LogP contribution >= 0.6 is 0 Å². The monoisotopic (exact) mass is 448 g/mol. The second kappa shape index (κ2) is 11.8. The lowest BCUT2D eigenvalue weighted by Gasteiger charge is -2.36. The topological polar surface area (TPSA) is 82.7 Å². The number of unbranched alkanes of at least 4 members (excludes halogenated alkanes) is 1. The zero-order valence-electron chi connectivity index (χ0n) is 19.9. The van der Waals surface area contributed by atoms with Crippen molar-refractivity contribution >= 4 is 11.8 Å². The minimum absolute atomic E-state index is 0.00454. The molecular weight excluding hydrogens is 404 g/mol. The molecule has 0 aromatic carbocycles. The molecule has 3 aliphatic heterocycles. The number of hydrogen-bond donors (Lipinski definition) is 3. The Hall–Kier alpha value is -1.18. The summed E-state index contributed by atoms with van der Waals surface area (Å²) < 4.78 is 5.50. The Morgan fingerprint density at radius 2 is 1.91 bits per heavy atom. The van der Waals surface area contributed by atoms with Crippen molar-refractivity contribution in [2.75, 3.05) is 39.8 Å². The van der Waals surface area contributed by atoms with E-state index in [0.717, 1.165) is 103 Å². The highest BCUT2D eigenvalue weighted by molar-refractivity contribution is 5.82. The van der Waals surface area contributed by atoms with E-state index < -0.39 is 0 Å². The third-order valence-corrected chi connectivity index (χ3v) is 8.45. The number of nitrogens with zero attached hydrogens (tertiary/aromatic N) is 1. The van der Waals surface area contributed by atoms with Crippen molar-refractivity contribution in [3.05, 3.63) is 0 Å². The fourth-order valence-electron chi connectivity index (χ4n) is 6.38. The van der Waals surface area contributed by atoms with Gasteiger partial charge in [0, 0.05) is 38.7 Å². The smallest absolute Gasteiger partial charge is 0.237 e. The Morgan fingerprint density at radius 3 is 2.69 bits per heavy atom. The van der Waals surface area contributed by atoms with Crippen molar-refractivity contribution in [3.63, 3.8) is 0 Å². The van der Waals surface area contributed by atoms with Gasteiger partial charge in [-0.15, -0.1) is 0 Å². The Kier molecular flexibility index (Phi) is 8.83. The fourth-order valence-corrected chi connectivity index (χ4v) is 6.38. The number of piperidine rings is 2. The highest BCUT2D eigenvalue weighted by atomic mass is 16.5. The zero-order chi connectivity index (χ0) is 22.3. The van der Waals surface area contributed by atoms with Gasteiger partial charge < -0.3 is 25.6 Å². The zero-order valence-corrected chi connectivity index (χ0v) is 19.9. The van der Waals surface area contributed by atoms with Crippen molar-refractivity contribution in [3.8, 4) is 0 Å². The number of likely N-dealkylation sites (tertiary alicyclic amines) is 1. The van der Waals surface area contributed by atoms with Gasteiger partial charge in [-0.25, -0.2) is 0 Å². The van der Waals surface area contributed by atoms with Crippen molar-refractivity contribution < 1.29 is 14.3 Å². The number of fused-ring (bicyclic) bond motifs is 1. The van der Waals surface area contributed by atoms with Crippen LogP contribution in [0.25, 0.3) is 0 Å². The number of methoxy groups -OCH3 is 1. The van der Waals surface area contributed by atoms with Crippen molar-refractivity contribution in [1.29, 1.82) is 0 Å². The molecule has 5 atom stereocenters. The molecule has 5 unspecified atom stereocenters. The number of hydrogen-bond acceptors (Lipinski definition) is 5. The van der Waals surface area contributed by atoms with Crippen LogP contribution in [0.5, 0.6) is 0 Å². The van der Waals surface area contributed by atoms with E-state index in [1.54, 1.807) is 7.11 Å².